The number of para-hydroxylation sites is 1. The first-order valence-electron chi connectivity index (χ1n) is 13.5. The average Bonchev–Trinajstić information content (AvgIpc) is 3.43. The normalized spacial score (nSPS) is 16.6. The van der Waals surface area contributed by atoms with Crippen LogP contribution >= 0.6 is 12.2 Å². The molecule has 2 aromatic carbocycles. The van der Waals surface area contributed by atoms with E-state index in [2.05, 4.69) is 74.2 Å². The van der Waals surface area contributed by atoms with Crippen LogP contribution in [0.3, 0.4) is 0 Å². The number of benzene rings is 2. The Morgan fingerprint density at radius 1 is 1.02 bits per heavy atom. The van der Waals surface area contributed by atoms with E-state index in [0.717, 1.165) is 45.3 Å². The molecular formula is C32H36N6OS. The lowest BCUT2D eigenvalue weighted by Gasteiger charge is -2.28. The Labute approximate surface area is 241 Å². The number of anilines is 2. The van der Waals surface area contributed by atoms with Crippen molar-refractivity contribution in [1.82, 2.24) is 19.8 Å². The Morgan fingerprint density at radius 3 is 2.42 bits per heavy atom. The molecule has 1 amide bonds. The van der Waals surface area contributed by atoms with Gasteiger partial charge in [0.05, 0.1) is 17.8 Å². The Balaban J connectivity index is 1.47. The molecule has 1 fully saturated rings. The van der Waals surface area contributed by atoms with Gasteiger partial charge < -0.3 is 25.0 Å². The van der Waals surface area contributed by atoms with Crippen molar-refractivity contribution in [2.24, 2.45) is 0 Å². The van der Waals surface area contributed by atoms with Gasteiger partial charge in [-0.3, -0.25) is 9.78 Å². The molecule has 1 aliphatic heterocycles. The Bertz CT molecular complexity index is 1510. The highest BCUT2D eigenvalue weighted by molar-refractivity contribution is 7.80. The third kappa shape index (κ3) is 5.45. The Hall–Kier alpha value is -4.17. The fourth-order valence-corrected chi connectivity index (χ4v) is 5.85. The summed E-state index contributed by atoms with van der Waals surface area (Å²) in [5.74, 6) is -0.0383. The maximum atomic E-state index is 13.0. The molecule has 3 heterocycles. The summed E-state index contributed by atoms with van der Waals surface area (Å²) in [4.78, 5) is 21.9. The van der Waals surface area contributed by atoms with Crippen LogP contribution in [0, 0.1) is 20.8 Å². The van der Waals surface area contributed by atoms with E-state index in [9.17, 15) is 4.79 Å². The van der Waals surface area contributed by atoms with E-state index in [-0.39, 0.29) is 18.0 Å². The van der Waals surface area contributed by atoms with E-state index in [1.54, 1.807) is 0 Å². The summed E-state index contributed by atoms with van der Waals surface area (Å²) >= 11 is 5.86. The molecule has 1 aliphatic rings. The van der Waals surface area contributed by atoms with E-state index in [0.29, 0.717) is 18.1 Å². The van der Waals surface area contributed by atoms with Crippen molar-refractivity contribution in [2.75, 3.05) is 30.9 Å². The summed E-state index contributed by atoms with van der Waals surface area (Å²) in [5.41, 5.74) is 8.50. The summed E-state index contributed by atoms with van der Waals surface area (Å²) in [6.45, 7) is 6.76. The van der Waals surface area contributed by atoms with Gasteiger partial charge in [0.2, 0.25) is 5.91 Å². The van der Waals surface area contributed by atoms with Crippen LogP contribution in [-0.2, 0) is 4.79 Å². The fraction of sp³-hybridized carbons (Fsp3) is 0.281. The van der Waals surface area contributed by atoms with E-state index in [4.69, 9.17) is 12.2 Å². The van der Waals surface area contributed by atoms with Gasteiger partial charge in [-0.1, -0.05) is 24.3 Å². The van der Waals surface area contributed by atoms with E-state index in [1.165, 1.54) is 0 Å². The number of hydrogen-bond acceptors (Lipinski definition) is 4. The van der Waals surface area contributed by atoms with Crippen LogP contribution in [0.15, 0.2) is 79.0 Å². The lowest BCUT2D eigenvalue weighted by Crippen LogP contribution is -2.33. The van der Waals surface area contributed by atoms with Gasteiger partial charge in [-0.15, -0.1) is 0 Å². The summed E-state index contributed by atoms with van der Waals surface area (Å²) in [6.07, 6.45) is 2.12. The van der Waals surface area contributed by atoms with Crippen LogP contribution in [0.25, 0.3) is 5.69 Å². The summed E-state index contributed by atoms with van der Waals surface area (Å²) in [6, 6.07) is 24.3. The lowest BCUT2D eigenvalue weighted by molar-refractivity contribution is -0.116. The SMILES string of the molecule is Cc1ccccc1NC(=O)CCN1C(=S)N[C@@H](c2ccccn2)[C@H]1c1cc(C)n(-c2ccc(N(C)C)cc2)c1C. The summed E-state index contributed by atoms with van der Waals surface area (Å²) < 4.78 is 2.29. The van der Waals surface area contributed by atoms with Crippen molar-refractivity contribution in [3.05, 3.63) is 107 Å². The predicted octanol–water partition coefficient (Wildman–Crippen LogP) is 5.86. The van der Waals surface area contributed by atoms with Crippen molar-refractivity contribution in [1.29, 1.82) is 0 Å². The molecule has 0 saturated carbocycles. The van der Waals surface area contributed by atoms with Gasteiger partial charge in [0.1, 0.15) is 0 Å². The first-order valence-corrected chi connectivity index (χ1v) is 14.0. The van der Waals surface area contributed by atoms with Gasteiger partial charge in [0.15, 0.2) is 5.11 Å². The number of carbonyl (C=O) groups excluding carboxylic acids is 1. The molecule has 0 spiro atoms. The van der Waals surface area contributed by atoms with E-state index >= 15 is 0 Å². The van der Waals surface area contributed by atoms with E-state index in [1.807, 2.05) is 69.7 Å². The largest absolute Gasteiger partial charge is 0.378 e. The van der Waals surface area contributed by atoms with Gasteiger partial charge in [0.25, 0.3) is 0 Å². The number of rotatable bonds is 8. The molecule has 5 rings (SSSR count). The Kier molecular flexibility index (Phi) is 7.89. The van der Waals surface area contributed by atoms with Crippen LogP contribution in [0.5, 0.6) is 0 Å². The van der Waals surface area contributed by atoms with Gasteiger partial charge in [-0.25, -0.2) is 0 Å². The van der Waals surface area contributed by atoms with Crippen LogP contribution in [0.1, 0.15) is 46.7 Å². The molecule has 2 atom stereocenters. The molecule has 206 valence electrons. The maximum Gasteiger partial charge on any atom is 0.226 e. The number of pyridine rings is 1. The highest BCUT2D eigenvalue weighted by Crippen LogP contribution is 2.41. The molecule has 7 nitrogen and oxygen atoms in total. The number of nitrogens with zero attached hydrogens (tertiary/aromatic N) is 4. The van der Waals surface area contributed by atoms with Gasteiger partial charge in [-0.05, 0) is 92.6 Å². The maximum absolute atomic E-state index is 13.0. The molecule has 40 heavy (non-hydrogen) atoms. The highest BCUT2D eigenvalue weighted by Gasteiger charge is 2.41. The number of thiocarbonyl (C=S) groups is 1. The fourth-order valence-electron chi connectivity index (χ4n) is 5.52. The summed E-state index contributed by atoms with van der Waals surface area (Å²) in [7, 11) is 4.09. The van der Waals surface area contributed by atoms with Crippen molar-refractivity contribution in [2.45, 2.75) is 39.3 Å². The second-order valence-electron chi connectivity index (χ2n) is 10.5. The predicted molar refractivity (Wildman–Crippen MR) is 166 cm³/mol. The quantitative estimate of drug-likeness (QED) is 0.267. The first-order chi connectivity index (χ1) is 19.2. The third-order valence-corrected chi connectivity index (χ3v) is 7.96. The zero-order chi connectivity index (χ0) is 28.4. The third-order valence-electron chi connectivity index (χ3n) is 7.61. The van der Waals surface area contributed by atoms with Crippen LogP contribution in [0.4, 0.5) is 11.4 Å². The monoisotopic (exact) mass is 552 g/mol. The van der Waals surface area contributed by atoms with Crippen molar-refractivity contribution >= 4 is 34.6 Å². The minimum Gasteiger partial charge on any atom is -0.378 e. The molecule has 0 aliphatic carbocycles. The van der Waals surface area contributed by atoms with E-state index < -0.39 is 0 Å². The molecule has 2 N–H and O–H groups in total. The number of amides is 1. The number of nitrogens with one attached hydrogen (secondary N) is 2. The van der Waals surface area contributed by atoms with Gasteiger partial charge in [0, 0.05) is 61.7 Å². The van der Waals surface area contributed by atoms with Crippen molar-refractivity contribution in [3.8, 4) is 5.69 Å². The molecule has 0 unspecified atom stereocenters. The number of hydrogen-bond donors (Lipinski definition) is 2. The molecular weight excluding hydrogens is 516 g/mol. The van der Waals surface area contributed by atoms with Crippen molar-refractivity contribution < 1.29 is 4.79 Å². The van der Waals surface area contributed by atoms with Gasteiger partial charge >= 0.3 is 0 Å². The summed E-state index contributed by atoms with van der Waals surface area (Å²) in [5, 5.41) is 7.20. The van der Waals surface area contributed by atoms with Crippen LogP contribution in [-0.4, -0.2) is 46.1 Å². The average molecular weight is 553 g/mol. The number of aryl methyl sites for hydroxylation is 2. The molecule has 0 radical (unpaired) electrons. The van der Waals surface area contributed by atoms with Crippen LogP contribution in [0.2, 0.25) is 0 Å². The molecule has 2 aromatic heterocycles. The number of aromatic nitrogens is 2. The standard InChI is InChI=1S/C32H36N6OS/c1-21-10-6-7-11-27(21)34-29(39)17-19-37-31(30(35-32(37)40)28-12-8-9-18-33-28)26-20-22(2)38(23(26)3)25-15-13-24(14-16-25)36(4)5/h6-16,18,20,30-31H,17,19H2,1-5H3,(H,34,39)(H,35,40)/t30-,31+/m0/s1. The number of carbonyl (C=O) groups is 1. The van der Waals surface area contributed by atoms with Crippen molar-refractivity contribution in [3.63, 3.8) is 0 Å². The second-order valence-corrected chi connectivity index (χ2v) is 10.9. The van der Waals surface area contributed by atoms with Crippen LogP contribution < -0.4 is 15.5 Å². The van der Waals surface area contributed by atoms with Gasteiger partial charge in [-0.2, -0.15) is 0 Å². The first kappa shape index (κ1) is 27.4. The minimum absolute atomic E-state index is 0.0383. The minimum atomic E-state index is -0.141. The zero-order valence-electron chi connectivity index (χ0n) is 23.7. The topological polar surface area (TPSA) is 65.4 Å². The molecule has 0 bridgehead atoms. The second kappa shape index (κ2) is 11.5. The Morgan fingerprint density at radius 2 is 1.75 bits per heavy atom. The smallest absolute Gasteiger partial charge is 0.226 e. The zero-order valence-corrected chi connectivity index (χ0v) is 24.5. The lowest BCUT2D eigenvalue weighted by atomic mass is 9.96. The highest BCUT2D eigenvalue weighted by atomic mass is 32.1. The molecule has 8 heteroatoms. The molecule has 1 saturated heterocycles. The molecule has 4 aromatic rings.